The Morgan fingerprint density at radius 1 is 1.00 bits per heavy atom. The summed E-state index contributed by atoms with van der Waals surface area (Å²) in [5, 5.41) is 5.77. The van der Waals surface area contributed by atoms with Crippen molar-refractivity contribution in [1.82, 2.24) is 14.7 Å². The fraction of sp³-hybridized carbons (Fsp3) is 0.423. The number of benzene rings is 2. The average molecular weight is 452 g/mol. The van der Waals surface area contributed by atoms with Crippen molar-refractivity contribution >= 4 is 16.7 Å². The minimum atomic E-state index is -0.253. The van der Waals surface area contributed by atoms with Crippen molar-refractivity contribution in [3.8, 4) is 11.5 Å². The largest absolute Gasteiger partial charge is 0.490 e. The molecule has 0 saturated heterocycles. The van der Waals surface area contributed by atoms with Crippen LogP contribution >= 0.6 is 0 Å². The van der Waals surface area contributed by atoms with Gasteiger partial charge in [0.05, 0.1) is 24.3 Å². The van der Waals surface area contributed by atoms with Gasteiger partial charge in [0.2, 0.25) is 5.91 Å². The molecule has 0 radical (unpaired) electrons. The van der Waals surface area contributed by atoms with Crippen molar-refractivity contribution in [2.45, 2.75) is 53.6 Å². The summed E-state index contributed by atoms with van der Waals surface area (Å²) in [5.41, 5.74) is 1.42. The molecular formula is C26H33N3O4. The SMILES string of the molecule is CCCOc1ccc(CN(CCC)C(=O)Cn2nc(C)c3ccccc3c2=O)cc1OCC. The first kappa shape index (κ1) is 24.3. The van der Waals surface area contributed by atoms with Crippen LogP contribution in [-0.2, 0) is 17.9 Å². The Balaban J connectivity index is 1.82. The van der Waals surface area contributed by atoms with Crippen LogP contribution in [0.15, 0.2) is 47.3 Å². The first-order valence-electron chi connectivity index (χ1n) is 11.6. The smallest absolute Gasteiger partial charge is 0.275 e. The van der Waals surface area contributed by atoms with Gasteiger partial charge >= 0.3 is 0 Å². The zero-order valence-corrected chi connectivity index (χ0v) is 20.0. The molecule has 0 N–H and O–H groups in total. The first-order chi connectivity index (χ1) is 16.0. The molecular weight excluding hydrogens is 418 g/mol. The van der Waals surface area contributed by atoms with Crippen LogP contribution < -0.4 is 15.0 Å². The van der Waals surface area contributed by atoms with E-state index in [0.717, 1.165) is 29.5 Å². The Kier molecular flexibility index (Phi) is 8.46. The van der Waals surface area contributed by atoms with E-state index in [2.05, 4.69) is 12.0 Å². The molecule has 0 atom stereocenters. The maximum atomic E-state index is 13.2. The summed E-state index contributed by atoms with van der Waals surface area (Å²) in [4.78, 5) is 27.9. The molecule has 0 fully saturated rings. The number of aromatic nitrogens is 2. The summed E-state index contributed by atoms with van der Waals surface area (Å²) in [6.45, 7) is 9.91. The number of aryl methyl sites for hydroxylation is 1. The van der Waals surface area contributed by atoms with Crippen molar-refractivity contribution in [1.29, 1.82) is 0 Å². The highest BCUT2D eigenvalue weighted by Crippen LogP contribution is 2.29. The molecule has 0 unspecified atom stereocenters. The molecule has 0 spiro atoms. The molecule has 33 heavy (non-hydrogen) atoms. The van der Waals surface area contributed by atoms with Crippen molar-refractivity contribution < 1.29 is 14.3 Å². The van der Waals surface area contributed by atoms with Crippen molar-refractivity contribution in [2.24, 2.45) is 0 Å². The number of amides is 1. The Morgan fingerprint density at radius 3 is 2.45 bits per heavy atom. The average Bonchev–Trinajstić information content (AvgIpc) is 2.82. The Hall–Kier alpha value is -3.35. The first-order valence-corrected chi connectivity index (χ1v) is 11.6. The molecule has 0 aliphatic carbocycles. The van der Waals surface area contributed by atoms with Gasteiger partial charge in [-0.25, -0.2) is 4.68 Å². The Morgan fingerprint density at radius 2 is 1.76 bits per heavy atom. The summed E-state index contributed by atoms with van der Waals surface area (Å²) < 4.78 is 12.8. The normalized spacial score (nSPS) is 10.9. The molecule has 3 aromatic rings. The molecule has 0 aliphatic rings. The fourth-order valence-corrected chi connectivity index (χ4v) is 3.77. The van der Waals surface area contributed by atoms with Crippen LogP contribution in [0, 0.1) is 6.92 Å². The van der Waals surface area contributed by atoms with Crippen molar-refractivity contribution in [3.05, 3.63) is 64.1 Å². The fourth-order valence-electron chi connectivity index (χ4n) is 3.77. The van der Waals surface area contributed by atoms with Crippen molar-refractivity contribution in [3.63, 3.8) is 0 Å². The monoisotopic (exact) mass is 451 g/mol. The maximum absolute atomic E-state index is 13.2. The lowest BCUT2D eigenvalue weighted by Gasteiger charge is -2.23. The zero-order chi connectivity index (χ0) is 23.8. The van der Waals surface area contributed by atoms with Gasteiger partial charge in [-0.1, -0.05) is 38.1 Å². The van der Waals surface area contributed by atoms with Gasteiger partial charge in [0.1, 0.15) is 6.54 Å². The Bertz CT molecular complexity index is 1160. The topological polar surface area (TPSA) is 73.7 Å². The van der Waals surface area contributed by atoms with E-state index in [9.17, 15) is 9.59 Å². The van der Waals surface area contributed by atoms with Crippen LogP contribution in [0.2, 0.25) is 0 Å². The quantitative estimate of drug-likeness (QED) is 0.434. The predicted octanol–water partition coefficient (Wildman–Crippen LogP) is 4.33. The van der Waals surface area contributed by atoms with Gasteiger partial charge in [0, 0.05) is 18.5 Å². The minimum absolute atomic E-state index is 0.0967. The zero-order valence-electron chi connectivity index (χ0n) is 20.0. The van der Waals surface area contributed by atoms with Crippen LogP contribution in [0.25, 0.3) is 10.8 Å². The van der Waals surface area contributed by atoms with E-state index in [0.29, 0.717) is 43.2 Å². The van der Waals surface area contributed by atoms with Gasteiger partial charge in [-0.3, -0.25) is 9.59 Å². The van der Waals surface area contributed by atoms with Crippen LogP contribution in [0.3, 0.4) is 0 Å². The third-order valence-electron chi connectivity index (χ3n) is 5.33. The summed E-state index contributed by atoms with van der Waals surface area (Å²) in [6, 6.07) is 13.1. The lowest BCUT2D eigenvalue weighted by molar-refractivity contribution is -0.132. The van der Waals surface area contributed by atoms with Crippen LogP contribution in [0.4, 0.5) is 0 Å². The molecule has 176 valence electrons. The van der Waals surface area contributed by atoms with Crippen LogP contribution in [-0.4, -0.2) is 40.3 Å². The summed E-state index contributed by atoms with van der Waals surface area (Å²) >= 11 is 0. The summed E-state index contributed by atoms with van der Waals surface area (Å²) in [5.74, 6) is 1.24. The molecule has 7 heteroatoms. The number of carbonyl (C=O) groups is 1. The molecule has 1 aromatic heterocycles. The summed E-state index contributed by atoms with van der Waals surface area (Å²) in [6.07, 6.45) is 1.72. The van der Waals surface area contributed by atoms with E-state index in [1.54, 1.807) is 11.0 Å². The van der Waals surface area contributed by atoms with Crippen LogP contribution in [0.5, 0.6) is 11.5 Å². The molecule has 1 heterocycles. The van der Waals surface area contributed by atoms with Crippen LogP contribution in [0.1, 0.15) is 44.9 Å². The number of hydrogen-bond acceptors (Lipinski definition) is 5. The third kappa shape index (κ3) is 5.92. The predicted molar refractivity (Wildman–Crippen MR) is 130 cm³/mol. The van der Waals surface area contributed by atoms with Gasteiger partial charge < -0.3 is 14.4 Å². The molecule has 3 rings (SSSR count). The van der Waals surface area contributed by atoms with Gasteiger partial charge in [0.15, 0.2) is 11.5 Å². The van der Waals surface area contributed by atoms with Gasteiger partial charge in [-0.2, -0.15) is 5.10 Å². The van der Waals surface area contributed by atoms with E-state index in [4.69, 9.17) is 9.47 Å². The molecule has 2 aromatic carbocycles. The molecule has 1 amide bonds. The number of carbonyl (C=O) groups excluding carboxylic acids is 1. The van der Waals surface area contributed by atoms with E-state index >= 15 is 0 Å². The second-order valence-electron chi connectivity index (χ2n) is 7.97. The Labute approximate surface area is 194 Å². The maximum Gasteiger partial charge on any atom is 0.275 e. The second kappa shape index (κ2) is 11.5. The third-order valence-corrected chi connectivity index (χ3v) is 5.33. The second-order valence-corrected chi connectivity index (χ2v) is 7.97. The number of ether oxygens (including phenoxy) is 2. The van der Waals surface area contributed by atoms with E-state index in [1.807, 2.05) is 57.2 Å². The number of hydrogen-bond donors (Lipinski definition) is 0. The lowest BCUT2D eigenvalue weighted by Crippen LogP contribution is -2.37. The van der Waals surface area contributed by atoms with Gasteiger partial charge in [-0.15, -0.1) is 0 Å². The molecule has 0 saturated carbocycles. The number of fused-ring (bicyclic) bond motifs is 1. The highest BCUT2D eigenvalue weighted by Gasteiger charge is 2.18. The number of rotatable bonds is 11. The molecule has 0 bridgehead atoms. The van der Waals surface area contributed by atoms with E-state index in [-0.39, 0.29) is 18.0 Å². The van der Waals surface area contributed by atoms with Crippen molar-refractivity contribution in [2.75, 3.05) is 19.8 Å². The lowest BCUT2D eigenvalue weighted by atomic mass is 10.1. The number of nitrogens with zero attached hydrogens (tertiary/aromatic N) is 3. The highest BCUT2D eigenvalue weighted by molar-refractivity contribution is 5.83. The minimum Gasteiger partial charge on any atom is -0.490 e. The highest BCUT2D eigenvalue weighted by atomic mass is 16.5. The van der Waals surface area contributed by atoms with E-state index in [1.165, 1.54) is 4.68 Å². The molecule has 0 aliphatic heterocycles. The van der Waals surface area contributed by atoms with Gasteiger partial charge in [0.25, 0.3) is 5.56 Å². The van der Waals surface area contributed by atoms with E-state index < -0.39 is 0 Å². The van der Waals surface area contributed by atoms with Gasteiger partial charge in [-0.05, 0) is 50.5 Å². The molecule has 7 nitrogen and oxygen atoms in total. The summed E-state index contributed by atoms with van der Waals surface area (Å²) in [7, 11) is 0. The standard InChI is InChI=1S/C26H33N3O4/c1-5-14-28(17-20-12-13-23(33-15-6-2)24(16-20)32-7-3)25(30)18-29-26(31)22-11-9-8-10-21(22)19(4)27-29/h8-13,16H,5-7,14-15,17-18H2,1-4H3.